The minimum absolute atomic E-state index is 0.320. The van der Waals surface area contributed by atoms with Crippen molar-refractivity contribution >= 4 is 17.8 Å². The van der Waals surface area contributed by atoms with Gasteiger partial charge in [0, 0.05) is 0 Å². The number of carbonyl (C=O) groups excluding carboxylic acids is 1. The van der Waals surface area contributed by atoms with E-state index in [0.717, 1.165) is 0 Å². The van der Waals surface area contributed by atoms with Crippen LogP contribution in [0.3, 0.4) is 0 Å². The molecule has 0 unspecified atom stereocenters. The number of benzene rings is 1. The monoisotopic (exact) mass is 280 g/mol. The van der Waals surface area contributed by atoms with E-state index in [4.69, 9.17) is 19.3 Å². The molecule has 0 heterocycles. The molecule has 0 aliphatic carbocycles. The van der Waals surface area contributed by atoms with Crippen LogP contribution in [0, 0.1) is 0 Å². The van der Waals surface area contributed by atoms with Crippen LogP contribution in [0.1, 0.15) is 12.5 Å². The first-order valence-electron chi connectivity index (χ1n) is 5.70. The lowest BCUT2D eigenvalue weighted by Gasteiger charge is -2.13. The number of rotatable bonds is 6. The molecule has 0 saturated heterocycles. The molecule has 20 heavy (non-hydrogen) atoms. The maximum absolute atomic E-state index is 11.3. The summed E-state index contributed by atoms with van der Waals surface area (Å²) in [7, 11) is 4.37. The smallest absolute Gasteiger partial charge is 0.339 e. The number of hydrogen-bond acceptors (Lipinski definition) is 5. The zero-order chi connectivity index (χ0) is 15.3. The van der Waals surface area contributed by atoms with Gasteiger partial charge in [0.1, 0.15) is 5.57 Å². The van der Waals surface area contributed by atoms with Crippen molar-refractivity contribution in [1.29, 1.82) is 0 Å². The predicted molar refractivity (Wildman–Crippen MR) is 72.4 cm³/mol. The summed E-state index contributed by atoms with van der Waals surface area (Å²) in [5.41, 5.74) is 0.145. The Morgan fingerprint density at radius 2 is 1.55 bits per heavy atom. The van der Waals surface area contributed by atoms with Gasteiger partial charge in [-0.15, -0.1) is 0 Å². The van der Waals surface area contributed by atoms with E-state index in [-0.39, 0.29) is 5.57 Å². The Morgan fingerprint density at radius 1 is 1.05 bits per heavy atom. The van der Waals surface area contributed by atoms with Crippen molar-refractivity contribution in [2.75, 3.05) is 21.3 Å². The van der Waals surface area contributed by atoms with Gasteiger partial charge in [0.15, 0.2) is 17.3 Å². The van der Waals surface area contributed by atoms with Crippen molar-refractivity contribution in [3.05, 3.63) is 23.3 Å². The van der Waals surface area contributed by atoms with Crippen LogP contribution in [0.25, 0.3) is 6.08 Å². The number of carboxylic acid groups (broad SMARTS) is 1. The van der Waals surface area contributed by atoms with Crippen molar-refractivity contribution in [2.24, 2.45) is 0 Å². The summed E-state index contributed by atoms with van der Waals surface area (Å²) in [6.45, 7) is 1.19. The second kappa shape index (κ2) is 6.60. The van der Waals surface area contributed by atoms with Gasteiger partial charge in [-0.3, -0.25) is 4.79 Å². The van der Waals surface area contributed by atoms with Crippen molar-refractivity contribution in [3.63, 3.8) is 0 Å². The van der Waals surface area contributed by atoms with E-state index in [1.807, 2.05) is 0 Å². The number of carbonyl (C=O) groups is 2. The fourth-order valence-corrected chi connectivity index (χ4v) is 1.67. The Bertz CT molecular complexity index is 518. The van der Waals surface area contributed by atoms with Gasteiger partial charge in [0.2, 0.25) is 5.75 Å². The largest absolute Gasteiger partial charge is 0.493 e. The van der Waals surface area contributed by atoms with Crippen molar-refractivity contribution in [3.8, 4) is 17.2 Å². The molecule has 0 radical (unpaired) electrons. The average molecular weight is 280 g/mol. The molecular formula is C14H16O6. The highest BCUT2D eigenvalue weighted by molar-refractivity contribution is 6.19. The molecule has 0 aliphatic heterocycles. The van der Waals surface area contributed by atoms with Crippen molar-refractivity contribution in [1.82, 2.24) is 0 Å². The van der Waals surface area contributed by atoms with Crippen LogP contribution < -0.4 is 14.2 Å². The van der Waals surface area contributed by atoms with Crippen LogP contribution >= 0.6 is 0 Å². The minimum atomic E-state index is -1.29. The lowest BCUT2D eigenvalue weighted by molar-refractivity contribution is -0.134. The second-order valence-electron chi connectivity index (χ2n) is 3.88. The molecule has 1 rings (SSSR count). The zero-order valence-corrected chi connectivity index (χ0v) is 11.7. The Hall–Kier alpha value is -2.50. The third-order valence-corrected chi connectivity index (χ3v) is 2.61. The first kappa shape index (κ1) is 15.6. The van der Waals surface area contributed by atoms with Gasteiger partial charge in [-0.1, -0.05) is 0 Å². The average Bonchev–Trinajstić information content (AvgIpc) is 2.42. The van der Waals surface area contributed by atoms with Crippen molar-refractivity contribution in [2.45, 2.75) is 6.92 Å². The summed E-state index contributed by atoms with van der Waals surface area (Å²) in [4.78, 5) is 22.3. The van der Waals surface area contributed by atoms with Crippen LogP contribution in [0.2, 0.25) is 0 Å². The molecule has 0 aromatic heterocycles. The topological polar surface area (TPSA) is 82.1 Å². The SMILES string of the molecule is COc1cc(/C=C(/C(C)=O)C(=O)O)cc(OC)c1OC. The molecule has 0 spiro atoms. The summed E-state index contributed by atoms with van der Waals surface area (Å²) in [6, 6.07) is 3.13. The van der Waals surface area contributed by atoms with Crippen LogP contribution in [-0.4, -0.2) is 38.2 Å². The predicted octanol–water partition coefficient (Wildman–Crippen LogP) is 1.77. The zero-order valence-electron chi connectivity index (χ0n) is 11.7. The molecule has 1 N–H and O–H groups in total. The molecule has 0 amide bonds. The number of ketones is 1. The highest BCUT2D eigenvalue weighted by atomic mass is 16.5. The fourth-order valence-electron chi connectivity index (χ4n) is 1.67. The number of Topliss-reactive ketones (excluding diaryl/α,β-unsaturated/α-hetero) is 1. The first-order chi connectivity index (χ1) is 9.44. The van der Waals surface area contributed by atoms with Gasteiger partial charge in [-0.2, -0.15) is 0 Å². The molecule has 0 aliphatic rings. The third kappa shape index (κ3) is 3.28. The van der Waals surface area contributed by atoms with Gasteiger partial charge >= 0.3 is 5.97 Å². The van der Waals surface area contributed by atoms with Gasteiger partial charge in [-0.05, 0) is 30.7 Å². The van der Waals surface area contributed by atoms with Gasteiger partial charge in [-0.25, -0.2) is 4.79 Å². The summed E-state index contributed by atoms with van der Waals surface area (Å²) in [5, 5.41) is 8.98. The number of carboxylic acids is 1. The minimum Gasteiger partial charge on any atom is -0.493 e. The number of aliphatic carboxylic acids is 1. The normalized spacial score (nSPS) is 10.9. The highest BCUT2D eigenvalue weighted by Gasteiger charge is 2.16. The molecule has 108 valence electrons. The quantitative estimate of drug-likeness (QED) is 0.486. The molecule has 6 heteroatoms. The molecule has 1 aromatic carbocycles. The number of hydrogen-bond donors (Lipinski definition) is 1. The summed E-state index contributed by atoms with van der Waals surface area (Å²) in [6.07, 6.45) is 1.26. The lowest BCUT2D eigenvalue weighted by atomic mass is 10.1. The van der Waals surface area contributed by atoms with E-state index in [1.54, 1.807) is 12.1 Å². The fraction of sp³-hybridized carbons (Fsp3) is 0.286. The summed E-state index contributed by atoms with van der Waals surface area (Å²) < 4.78 is 15.5. The van der Waals surface area contributed by atoms with Crippen LogP contribution in [0.15, 0.2) is 17.7 Å². The van der Waals surface area contributed by atoms with E-state index in [9.17, 15) is 9.59 Å². The van der Waals surface area contributed by atoms with Gasteiger partial charge in [0.05, 0.1) is 21.3 Å². The van der Waals surface area contributed by atoms with Crippen LogP contribution in [-0.2, 0) is 9.59 Å². The van der Waals surface area contributed by atoms with Gasteiger partial charge in [0.25, 0.3) is 0 Å². The second-order valence-corrected chi connectivity index (χ2v) is 3.88. The molecule has 6 nitrogen and oxygen atoms in total. The van der Waals surface area contributed by atoms with Crippen LogP contribution in [0.5, 0.6) is 17.2 Å². The maximum atomic E-state index is 11.3. The first-order valence-corrected chi connectivity index (χ1v) is 5.70. The highest BCUT2D eigenvalue weighted by Crippen LogP contribution is 2.38. The van der Waals surface area contributed by atoms with E-state index < -0.39 is 11.8 Å². The van der Waals surface area contributed by atoms with E-state index in [1.165, 1.54) is 34.3 Å². The maximum Gasteiger partial charge on any atom is 0.339 e. The summed E-state index contributed by atoms with van der Waals surface area (Å²) >= 11 is 0. The Labute approximate surface area is 116 Å². The standard InChI is InChI=1S/C14H16O6/c1-8(15)10(14(16)17)5-9-6-11(18-2)13(20-4)12(7-9)19-3/h5-7H,1-4H3,(H,16,17)/b10-5-. The molecule has 0 saturated carbocycles. The molecular weight excluding hydrogens is 264 g/mol. The van der Waals surface area contributed by atoms with E-state index in [0.29, 0.717) is 22.8 Å². The molecule has 0 atom stereocenters. The Kier molecular flexibility index (Phi) is 5.14. The van der Waals surface area contributed by atoms with Gasteiger partial charge < -0.3 is 19.3 Å². The number of methoxy groups -OCH3 is 3. The van der Waals surface area contributed by atoms with Crippen LogP contribution in [0.4, 0.5) is 0 Å². The van der Waals surface area contributed by atoms with Crippen molar-refractivity contribution < 1.29 is 28.9 Å². The molecule has 0 bridgehead atoms. The Balaban J connectivity index is 3.43. The van der Waals surface area contributed by atoms with E-state index >= 15 is 0 Å². The third-order valence-electron chi connectivity index (χ3n) is 2.61. The van der Waals surface area contributed by atoms with E-state index in [2.05, 4.69) is 0 Å². The number of ether oxygens (including phenoxy) is 3. The lowest BCUT2D eigenvalue weighted by Crippen LogP contribution is -2.08. The molecule has 0 fully saturated rings. The molecule has 1 aromatic rings. The Morgan fingerprint density at radius 3 is 1.85 bits per heavy atom. The summed E-state index contributed by atoms with van der Waals surface area (Å²) in [5.74, 6) is -0.665.